The molecule has 144 valence electrons. The number of nitrogens with one attached hydrogen (secondary N) is 1. The molecule has 2 heterocycles. The highest BCUT2D eigenvalue weighted by atomic mass is 16.5. The number of hydrogen-bond acceptors (Lipinski definition) is 3. The van der Waals surface area contributed by atoms with Crippen LogP contribution in [0.1, 0.15) is 48.2 Å². The van der Waals surface area contributed by atoms with Gasteiger partial charge in [-0.1, -0.05) is 38.1 Å². The summed E-state index contributed by atoms with van der Waals surface area (Å²) in [6.45, 7) is 7.30. The molecule has 1 aromatic carbocycles. The number of piperidine rings is 1. The SMILES string of the molecule is CC(C)Cc1ccc(CN2CCC[C@@H](NC(=O)c3cc[n+]([O-])cc3)C2)cc1. The Kier molecular flexibility index (Phi) is 6.45. The first kappa shape index (κ1) is 19.4. The summed E-state index contributed by atoms with van der Waals surface area (Å²) in [6, 6.07) is 12.2. The van der Waals surface area contributed by atoms with Gasteiger partial charge in [-0.25, -0.2) is 0 Å². The van der Waals surface area contributed by atoms with Crippen molar-refractivity contribution in [2.24, 2.45) is 5.92 Å². The number of hydrogen-bond donors (Lipinski definition) is 1. The average molecular weight is 367 g/mol. The first-order valence-electron chi connectivity index (χ1n) is 9.79. The second-order valence-electron chi connectivity index (χ2n) is 7.91. The predicted octanol–water partition coefficient (Wildman–Crippen LogP) is 2.91. The first-order chi connectivity index (χ1) is 13.0. The van der Waals surface area contributed by atoms with E-state index in [-0.39, 0.29) is 11.9 Å². The summed E-state index contributed by atoms with van der Waals surface area (Å²) in [6.07, 6.45) is 5.88. The summed E-state index contributed by atoms with van der Waals surface area (Å²) in [4.78, 5) is 14.8. The fourth-order valence-corrected chi connectivity index (χ4v) is 3.66. The Labute approximate surface area is 161 Å². The summed E-state index contributed by atoms with van der Waals surface area (Å²) in [5.41, 5.74) is 3.23. The van der Waals surface area contributed by atoms with Crippen molar-refractivity contribution in [1.82, 2.24) is 10.2 Å². The third-order valence-electron chi connectivity index (χ3n) is 4.98. The molecule has 0 bridgehead atoms. The van der Waals surface area contributed by atoms with Crippen LogP contribution in [0.5, 0.6) is 0 Å². The summed E-state index contributed by atoms with van der Waals surface area (Å²) >= 11 is 0. The number of carbonyl (C=O) groups excluding carboxylic acids is 1. The van der Waals surface area contributed by atoms with Crippen molar-refractivity contribution in [3.05, 3.63) is 70.7 Å². The van der Waals surface area contributed by atoms with Crippen LogP contribution < -0.4 is 10.0 Å². The minimum atomic E-state index is -0.111. The lowest BCUT2D eigenvalue weighted by Gasteiger charge is -2.33. The van der Waals surface area contributed by atoms with Crippen LogP contribution in [0.2, 0.25) is 0 Å². The maximum Gasteiger partial charge on any atom is 0.251 e. The average Bonchev–Trinajstić information content (AvgIpc) is 2.64. The highest BCUT2D eigenvalue weighted by Crippen LogP contribution is 2.16. The Balaban J connectivity index is 1.53. The minimum Gasteiger partial charge on any atom is -0.619 e. The lowest BCUT2D eigenvalue weighted by atomic mass is 10.0. The van der Waals surface area contributed by atoms with Gasteiger partial charge in [-0.3, -0.25) is 9.69 Å². The van der Waals surface area contributed by atoms with Gasteiger partial charge in [0.2, 0.25) is 0 Å². The Morgan fingerprint density at radius 2 is 1.85 bits per heavy atom. The third kappa shape index (κ3) is 5.79. The van der Waals surface area contributed by atoms with Crippen LogP contribution in [0.4, 0.5) is 0 Å². The van der Waals surface area contributed by atoms with Crippen LogP contribution in [0.15, 0.2) is 48.8 Å². The summed E-state index contributed by atoms with van der Waals surface area (Å²) < 4.78 is 0.686. The van der Waals surface area contributed by atoms with Crippen molar-refractivity contribution >= 4 is 5.91 Å². The molecule has 0 unspecified atom stereocenters. The van der Waals surface area contributed by atoms with E-state index in [0.29, 0.717) is 16.2 Å². The van der Waals surface area contributed by atoms with Crippen molar-refractivity contribution in [2.45, 2.75) is 45.7 Å². The van der Waals surface area contributed by atoms with Gasteiger partial charge in [0.15, 0.2) is 12.4 Å². The molecule has 3 rings (SSSR count). The summed E-state index contributed by atoms with van der Waals surface area (Å²) in [5, 5.41) is 14.2. The summed E-state index contributed by atoms with van der Waals surface area (Å²) in [5.74, 6) is 0.561. The largest absolute Gasteiger partial charge is 0.619 e. The van der Waals surface area contributed by atoms with E-state index in [2.05, 4.69) is 48.3 Å². The monoisotopic (exact) mass is 367 g/mol. The van der Waals surface area contributed by atoms with E-state index >= 15 is 0 Å². The Morgan fingerprint density at radius 1 is 1.19 bits per heavy atom. The Hall–Kier alpha value is -2.40. The van der Waals surface area contributed by atoms with E-state index < -0.39 is 0 Å². The third-order valence-corrected chi connectivity index (χ3v) is 4.98. The second-order valence-corrected chi connectivity index (χ2v) is 7.91. The maximum atomic E-state index is 12.4. The number of aromatic nitrogens is 1. The quantitative estimate of drug-likeness (QED) is 0.631. The molecule has 1 fully saturated rings. The van der Waals surface area contributed by atoms with Crippen molar-refractivity contribution in [3.63, 3.8) is 0 Å². The van der Waals surface area contributed by atoms with Gasteiger partial charge in [-0.2, -0.15) is 4.73 Å². The smallest absolute Gasteiger partial charge is 0.251 e. The van der Waals surface area contributed by atoms with E-state index in [1.165, 1.54) is 23.5 Å². The molecule has 5 heteroatoms. The Morgan fingerprint density at radius 3 is 2.52 bits per heavy atom. The highest BCUT2D eigenvalue weighted by molar-refractivity contribution is 5.94. The number of nitrogens with zero attached hydrogens (tertiary/aromatic N) is 2. The van der Waals surface area contributed by atoms with Crippen molar-refractivity contribution in [2.75, 3.05) is 13.1 Å². The van der Waals surface area contributed by atoms with Gasteiger partial charge in [0, 0.05) is 31.3 Å². The van der Waals surface area contributed by atoms with Crippen molar-refractivity contribution in [3.8, 4) is 0 Å². The maximum absolute atomic E-state index is 12.4. The van der Waals surface area contributed by atoms with E-state index in [1.807, 2.05) is 0 Å². The van der Waals surface area contributed by atoms with Gasteiger partial charge in [0.1, 0.15) is 0 Å². The lowest BCUT2D eigenvalue weighted by molar-refractivity contribution is -0.605. The zero-order chi connectivity index (χ0) is 19.2. The zero-order valence-corrected chi connectivity index (χ0v) is 16.2. The van der Waals surface area contributed by atoms with Crippen LogP contribution in [-0.4, -0.2) is 29.9 Å². The molecule has 0 saturated carbocycles. The second kappa shape index (κ2) is 9.00. The van der Waals surface area contributed by atoms with Gasteiger partial charge in [-0.15, -0.1) is 0 Å². The van der Waals surface area contributed by atoms with Crippen LogP contribution >= 0.6 is 0 Å². The van der Waals surface area contributed by atoms with Crippen molar-refractivity contribution in [1.29, 1.82) is 0 Å². The van der Waals surface area contributed by atoms with Crippen molar-refractivity contribution < 1.29 is 9.52 Å². The van der Waals surface area contributed by atoms with Crippen LogP contribution in [0.3, 0.4) is 0 Å². The molecule has 1 aromatic heterocycles. The molecule has 1 saturated heterocycles. The van der Waals surface area contributed by atoms with Gasteiger partial charge >= 0.3 is 0 Å². The number of amides is 1. The molecular formula is C22H29N3O2. The number of rotatable bonds is 6. The van der Waals surface area contributed by atoms with E-state index in [4.69, 9.17) is 0 Å². The minimum absolute atomic E-state index is 0.111. The van der Waals surface area contributed by atoms with Gasteiger partial charge in [0.05, 0.1) is 5.56 Å². The molecule has 0 aliphatic carbocycles. The summed E-state index contributed by atoms with van der Waals surface area (Å²) in [7, 11) is 0. The molecule has 2 aromatic rings. The Bertz CT molecular complexity index is 741. The topological polar surface area (TPSA) is 59.3 Å². The molecule has 0 radical (unpaired) electrons. The molecule has 1 atom stereocenters. The van der Waals surface area contributed by atoms with Crippen LogP contribution in [0, 0.1) is 11.1 Å². The zero-order valence-electron chi connectivity index (χ0n) is 16.2. The van der Waals surface area contributed by atoms with E-state index in [1.54, 1.807) is 12.1 Å². The molecule has 1 N–H and O–H groups in total. The number of benzene rings is 1. The molecule has 1 aliphatic rings. The molecule has 0 spiro atoms. The number of likely N-dealkylation sites (tertiary alicyclic amines) is 1. The van der Waals surface area contributed by atoms with E-state index in [9.17, 15) is 10.0 Å². The van der Waals surface area contributed by atoms with Gasteiger partial charge in [-0.05, 0) is 42.9 Å². The number of pyridine rings is 1. The highest BCUT2D eigenvalue weighted by Gasteiger charge is 2.22. The van der Waals surface area contributed by atoms with E-state index in [0.717, 1.165) is 38.9 Å². The van der Waals surface area contributed by atoms with Gasteiger partial charge < -0.3 is 10.5 Å². The fourth-order valence-electron chi connectivity index (χ4n) is 3.66. The standard InChI is InChI=1S/C22H29N3O2/c1-17(2)14-18-5-7-19(8-6-18)15-24-11-3-4-21(16-24)23-22(26)20-9-12-25(27)13-10-20/h5-10,12-13,17,21H,3-4,11,14-16H2,1-2H3,(H,23,26)/t21-/m1/s1. The molecule has 5 nitrogen and oxygen atoms in total. The van der Waals surface area contributed by atoms with Gasteiger partial charge in [0.25, 0.3) is 5.91 Å². The predicted molar refractivity (Wildman–Crippen MR) is 106 cm³/mol. The molecule has 1 amide bonds. The molecule has 1 aliphatic heterocycles. The van der Waals surface area contributed by atoms with Crippen LogP contribution in [0.25, 0.3) is 0 Å². The lowest BCUT2D eigenvalue weighted by Crippen LogP contribution is -2.47. The fraction of sp³-hybridized carbons (Fsp3) is 0.455. The molecular weight excluding hydrogens is 338 g/mol. The first-order valence-corrected chi connectivity index (χ1v) is 9.79. The normalized spacial score (nSPS) is 17.8. The number of carbonyl (C=O) groups is 1. The molecule has 27 heavy (non-hydrogen) atoms. The van der Waals surface area contributed by atoms with Crippen LogP contribution in [-0.2, 0) is 13.0 Å².